The Hall–Kier alpha value is -1.61. The summed E-state index contributed by atoms with van der Waals surface area (Å²) in [6.45, 7) is 9.75. The normalized spacial score (nSPS) is 11.9. The van der Waals surface area contributed by atoms with E-state index in [0.717, 1.165) is 11.3 Å². The molecule has 18 heavy (non-hydrogen) atoms. The van der Waals surface area contributed by atoms with Crippen molar-refractivity contribution in [3.8, 4) is 11.3 Å². The zero-order valence-corrected chi connectivity index (χ0v) is 11.6. The van der Waals surface area contributed by atoms with Gasteiger partial charge in [0.1, 0.15) is 11.4 Å². The molecule has 3 heteroatoms. The smallest absolute Gasteiger partial charge is 0.138 e. The van der Waals surface area contributed by atoms with Gasteiger partial charge in [-0.1, -0.05) is 6.07 Å². The first kappa shape index (κ1) is 12.8. The molecule has 2 aromatic rings. The standard InChI is InChI=1S/C15H20N2O/c1-9-6-11(3)12(7-10(9)2)13-8-16-14(17-13)15(4,5)18/h6-8,18H,1-5H3,(H,16,17). The van der Waals surface area contributed by atoms with Gasteiger partial charge >= 0.3 is 0 Å². The molecule has 0 amide bonds. The molecule has 0 aliphatic heterocycles. The number of rotatable bonds is 2. The van der Waals surface area contributed by atoms with E-state index in [1.807, 2.05) is 0 Å². The van der Waals surface area contributed by atoms with Crippen molar-refractivity contribution in [1.29, 1.82) is 0 Å². The molecule has 0 spiro atoms. The van der Waals surface area contributed by atoms with Gasteiger partial charge in [-0.25, -0.2) is 4.98 Å². The molecule has 0 saturated carbocycles. The van der Waals surface area contributed by atoms with Gasteiger partial charge in [0.2, 0.25) is 0 Å². The number of aliphatic hydroxyl groups is 1. The second-order valence-electron chi connectivity index (χ2n) is 5.46. The third-order valence-electron chi connectivity index (χ3n) is 3.29. The Bertz CT molecular complexity index is 577. The number of nitrogens with zero attached hydrogens (tertiary/aromatic N) is 1. The fraction of sp³-hybridized carbons (Fsp3) is 0.400. The second kappa shape index (κ2) is 4.25. The summed E-state index contributed by atoms with van der Waals surface area (Å²) < 4.78 is 0. The minimum atomic E-state index is -0.939. The van der Waals surface area contributed by atoms with Crippen molar-refractivity contribution in [1.82, 2.24) is 9.97 Å². The van der Waals surface area contributed by atoms with Crippen molar-refractivity contribution in [2.45, 2.75) is 40.2 Å². The number of imidazole rings is 1. The van der Waals surface area contributed by atoms with E-state index < -0.39 is 5.60 Å². The Balaban J connectivity index is 2.50. The number of aromatic nitrogens is 2. The zero-order valence-electron chi connectivity index (χ0n) is 11.6. The van der Waals surface area contributed by atoms with Gasteiger partial charge in [0.15, 0.2) is 0 Å². The van der Waals surface area contributed by atoms with Crippen LogP contribution >= 0.6 is 0 Å². The molecule has 96 valence electrons. The maximum absolute atomic E-state index is 9.92. The van der Waals surface area contributed by atoms with Crippen molar-refractivity contribution >= 4 is 0 Å². The number of H-pyrrole nitrogens is 1. The van der Waals surface area contributed by atoms with Gasteiger partial charge in [0.25, 0.3) is 0 Å². The molecule has 0 fully saturated rings. The summed E-state index contributed by atoms with van der Waals surface area (Å²) in [5.41, 5.74) is 4.91. The number of aryl methyl sites for hydroxylation is 3. The van der Waals surface area contributed by atoms with E-state index >= 15 is 0 Å². The zero-order chi connectivity index (χ0) is 13.5. The SMILES string of the molecule is Cc1cc(C)c(-c2cnc(C(C)(C)O)[nH]2)cc1C. The van der Waals surface area contributed by atoms with E-state index in [1.165, 1.54) is 16.7 Å². The lowest BCUT2D eigenvalue weighted by atomic mass is 9.99. The summed E-state index contributed by atoms with van der Waals surface area (Å²) >= 11 is 0. The molecule has 0 unspecified atom stereocenters. The van der Waals surface area contributed by atoms with Crippen molar-refractivity contribution in [3.63, 3.8) is 0 Å². The van der Waals surface area contributed by atoms with Gasteiger partial charge in [-0.3, -0.25) is 0 Å². The van der Waals surface area contributed by atoms with Crippen LogP contribution in [0.5, 0.6) is 0 Å². The van der Waals surface area contributed by atoms with Crippen molar-refractivity contribution in [3.05, 3.63) is 40.8 Å². The van der Waals surface area contributed by atoms with Crippen LogP contribution in [-0.2, 0) is 5.60 Å². The molecule has 1 heterocycles. The van der Waals surface area contributed by atoms with E-state index in [4.69, 9.17) is 0 Å². The average Bonchev–Trinajstić information content (AvgIpc) is 2.72. The summed E-state index contributed by atoms with van der Waals surface area (Å²) in [6.07, 6.45) is 1.78. The lowest BCUT2D eigenvalue weighted by Crippen LogP contribution is -2.17. The monoisotopic (exact) mass is 244 g/mol. The fourth-order valence-corrected chi connectivity index (χ4v) is 2.02. The van der Waals surface area contributed by atoms with Crippen LogP contribution in [0, 0.1) is 20.8 Å². The first-order chi connectivity index (χ1) is 8.29. The average molecular weight is 244 g/mol. The highest BCUT2D eigenvalue weighted by atomic mass is 16.3. The van der Waals surface area contributed by atoms with Crippen molar-refractivity contribution in [2.24, 2.45) is 0 Å². The van der Waals surface area contributed by atoms with Crippen LogP contribution in [-0.4, -0.2) is 15.1 Å². The van der Waals surface area contributed by atoms with Gasteiger partial charge in [0, 0.05) is 5.56 Å². The minimum absolute atomic E-state index is 0.593. The largest absolute Gasteiger partial charge is 0.383 e. The number of hydrogen-bond acceptors (Lipinski definition) is 2. The van der Waals surface area contributed by atoms with Crippen LogP contribution in [0.25, 0.3) is 11.3 Å². The van der Waals surface area contributed by atoms with Crippen LogP contribution in [0.15, 0.2) is 18.3 Å². The van der Waals surface area contributed by atoms with Gasteiger partial charge < -0.3 is 10.1 Å². The Morgan fingerprint density at radius 2 is 1.67 bits per heavy atom. The van der Waals surface area contributed by atoms with Gasteiger partial charge in [-0.15, -0.1) is 0 Å². The predicted octanol–water partition coefficient (Wildman–Crippen LogP) is 3.23. The molecule has 0 aliphatic carbocycles. The summed E-state index contributed by atoms with van der Waals surface area (Å²) in [4.78, 5) is 7.45. The molecule has 0 bridgehead atoms. The first-order valence-electron chi connectivity index (χ1n) is 6.15. The highest BCUT2D eigenvalue weighted by Crippen LogP contribution is 2.27. The highest BCUT2D eigenvalue weighted by molar-refractivity contribution is 5.65. The first-order valence-corrected chi connectivity index (χ1v) is 6.15. The molecule has 0 saturated heterocycles. The van der Waals surface area contributed by atoms with Crippen LogP contribution in [0.4, 0.5) is 0 Å². The summed E-state index contributed by atoms with van der Waals surface area (Å²) in [5.74, 6) is 0.593. The molecule has 2 rings (SSSR count). The number of aromatic amines is 1. The van der Waals surface area contributed by atoms with Gasteiger partial charge in [-0.05, 0) is 57.4 Å². The second-order valence-corrected chi connectivity index (χ2v) is 5.46. The molecule has 1 aromatic heterocycles. The molecular formula is C15H20N2O. The Morgan fingerprint density at radius 1 is 1.06 bits per heavy atom. The van der Waals surface area contributed by atoms with Crippen LogP contribution < -0.4 is 0 Å². The van der Waals surface area contributed by atoms with Crippen LogP contribution in [0.3, 0.4) is 0 Å². The van der Waals surface area contributed by atoms with E-state index in [2.05, 4.69) is 42.9 Å². The number of benzene rings is 1. The van der Waals surface area contributed by atoms with Crippen LogP contribution in [0.1, 0.15) is 36.4 Å². The lowest BCUT2D eigenvalue weighted by molar-refractivity contribution is 0.0697. The van der Waals surface area contributed by atoms with Crippen molar-refractivity contribution in [2.75, 3.05) is 0 Å². The third kappa shape index (κ3) is 2.31. The third-order valence-corrected chi connectivity index (χ3v) is 3.29. The topological polar surface area (TPSA) is 48.9 Å². The van der Waals surface area contributed by atoms with E-state index in [0.29, 0.717) is 5.82 Å². The Kier molecular flexibility index (Phi) is 3.03. The minimum Gasteiger partial charge on any atom is -0.383 e. The summed E-state index contributed by atoms with van der Waals surface area (Å²) in [5, 5.41) is 9.92. The van der Waals surface area contributed by atoms with E-state index in [1.54, 1.807) is 20.0 Å². The van der Waals surface area contributed by atoms with Gasteiger partial charge in [0.05, 0.1) is 11.9 Å². The predicted molar refractivity (Wildman–Crippen MR) is 73.5 cm³/mol. The lowest BCUT2D eigenvalue weighted by Gasteiger charge is -2.13. The quantitative estimate of drug-likeness (QED) is 0.852. The van der Waals surface area contributed by atoms with E-state index in [-0.39, 0.29) is 0 Å². The molecule has 0 radical (unpaired) electrons. The molecule has 0 aliphatic rings. The molecule has 1 aromatic carbocycles. The maximum Gasteiger partial charge on any atom is 0.138 e. The fourth-order valence-electron chi connectivity index (χ4n) is 2.02. The molecule has 2 N–H and O–H groups in total. The molecule has 0 atom stereocenters. The summed E-state index contributed by atoms with van der Waals surface area (Å²) in [6, 6.07) is 4.33. The summed E-state index contributed by atoms with van der Waals surface area (Å²) in [7, 11) is 0. The van der Waals surface area contributed by atoms with Crippen molar-refractivity contribution < 1.29 is 5.11 Å². The Morgan fingerprint density at radius 3 is 2.22 bits per heavy atom. The van der Waals surface area contributed by atoms with Gasteiger partial charge in [-0.2, -0.15) is 0 Å². The number of hydrogen-bond donors (Lipinski definition) is 2. The highest BCUT2D eigenvalue weighted by Gasteiger charge is 2.20. The number of nitrogens with one attached hydrogen (secondary N) is 1. The molecular weight excluding hydrogens is 224 g/mol. The van der Waals surface area contributed by atoms with Crippen LogP contribution in [0.2, 0.25) is 0 Å². The molecule has 3 nitrogen and oxygen atoms in total. The Labute approximate surface area is 108 Å². The maximum atomic E-state index is 9.92. The van der Waals surface area contributed by atoms with E-state index in [9.17, 15) is 5.11 Å².